The summed E-state index contributed by atoms with van der Waals surface area (Å²) in [5.74, 6) is -1.61. The minimum Gasteiger partial charge on any atom is -0.372 e. The highest BCUT2D eigenvalue weighted by atomic mass is 16.5. The number of fused-ring (bicyclic) bond motifs is 8. The van der Waals surface area contributed by atoms with Gasteiger partial charge in [0.1, 0.15) is 24.4 Å². The molecule has 386 valence electrons. The molecule has 9 rings (SSSR count). The molecule has 5 heterocycles. The molecule has 0 unspecified atom stereocenters. The Morgan fingerprint density at radius 3 is 0.895 bits per heavy atom. The normalized spacial score (nSPS) is 13.4. The van der Waals surface area contributed by atoms with Crippen LogP contribution in [0.4, 0.5) is 22.7 Å². The van der Waals surface area contributed by atoms with Crippen LogP contribution in [0.15, 0.2) is 121 Å². The number of hydrogen-bond donors (Lipinski definition) is 6. The molecule has 0 fully saturated rings. The van der Waals surface area contributed by atoms with E-state index in [0.29, 0.717) is 89.8 Å². The summed E-state index contributed by atoms with van der Waals surface area (Å²) in [7, 11) is 5.85. The fraction of sp³-hybridized carbons (Fsp3) is 0.200. The molecule has 6 N–H and O–H groups in total. The van der Waals surface area contributed by atoms with Crippen molar-refractivity contribution in [2.45, 2.75) is 52.1 Å². The van der Waals surface area contributed by atoms with E-state index in [1.807, 2.05) is 109 Å². The Kier molecular flexibility index (Phi) is 15.6. The second-order valence-corrected chi connectivity index (χ2v) is 18.2. The van der Waals surface area contributed by atoms with Crippen molar-refractivity contribution in [3.63, 3.8) is 0 Å². The van der Waals surface area contributed by atoms with Crippen LogP contribution in [-0.4, -0.2) is 96.4 Å². The second-order valence-electron chi connectivity index (χ2n) is 18.2. The number of aromatic nitrogens is 4. The Morgan fingerprint density at radius 2 is 0.618 bits per heavy atom. The van der Waals surface area contributed by atoms with E-state index in [9.17, 15) is 19.2 Å². The highest BCUT2D eigenvalue weighted by Crippen LogP contribution is 2.45. The number of amides is 4. The number of nitrogens with one attached hydrogen (secondary N) is 6. The first-order valence-corrected chi connectivity index (χ1v) is 24.7. The third-order valence-electron chi connectivity index (χ3n) is 13.4. The molecule has 76 heavy (non-hydrogen) atoms. The van der Waals surface area contributed by atoms with Gasteiger partial charge in [-0.25, -0.2) is 9.97 Å². The molecular weight excluding hydrogens is 961 g/mol. The lowest BCUT2D eigenvalue weighted by Gasteiger charge is -2.20. The predicted octanol–water partition coefficient (Wildman–Crippen LogP) is 11.2. The molecule has 4 atom stereocenters. The van der Waals surface area contributed by atoms with E-state index in [1.54, 1.807) is 64.1 Å². The molecule has 0 saturated carbocycles. The highest BCUT2D eigenvalue weighted by Gasteiger charge is 2.27. The summed E-state index contributed by atoms with van der Waals surface area (Å²) in [6.45, 7) is 6.61. The number of aromatic amines is 2. The third-order valence-corrected chi connectivity index (χ3v) is 13.4. The fourth-order valence-corrected chi connectivity index (χ4v) is 8.97. The molecule has 0 aliphatic carbocycles. The molecule has 0 spiro atoms. The Hall–Kier alpha value is -8.80. The largest absolute Gasteiger partial charge is 0.372 e. The summed E-state index contributed by atoms with van der Waals surface area (Å²) in [6, 6.07) is 38.1. The molecule has 7 aromatic rings. The van der Waals surface area contributed by atoms with Gasteiger partial charge in [0.2, 0.25) is 0 Å². The molecule has 16 heteroatoms. The van der Waals surface area contributed by atoms with Crippen molar-refractivity contribution in [3.8, 4) is 44.5 Å². The molecule has 16 nitrogen and oxygen atoms in total. The van der Waals surface area contributed by atoms with Crippen molar-refractivity contribution in [3.05, 3.63) is 144 Å². The number of ether oxygens (including phenoxy) is 4. The zero-order chi connectivity index (χ0) is 53.6. The minimum absolute atomic E-state index is 0.390. The maximum Gasteiger partial charge on any atom is 0.253 e. The van der Waals surface area contributed by atoms with Crippen molar-refractivity contribution in [2.24, 2.45) is 0 Å². The summed E-state index contributed by atoms with van der Waals surface area (Å²) in [5, 5.41) is 12.3. The van der Waals surface area contributed by atoms with E-state index in [2.05, 4.69) is 31.2 Å². The first-order valence-electron chi connectivity index (χ1n) is 24.7. The van der Waals surface area contributed by atoms with Crippen LogP contribution >= 0.6 is 0 Å². The second kappa shape index (κ2) is 22.8. The van der Waals surface area contributed by atoms with E-state index < -0.39 is 48.0 Å². The van der Waals surface area contributed by atoms with Crippen LogP contribution in [0, 0.1) is 0 Å². The van der Waals surface area contributed by atoms with Gasteiger partial charge in [0.15, 0.2) is 0 Å². The lowest BCUT2D eigenvalue weighted by molar-refractivity contribution is -0.125. The van der Waals surface area contributed by atoms with Gasteiger partial charge in [0, 0.05) is 83.9 Å². The smallest absolute Gasteiger partial charge is 0.253 e. The number of anilines is 4. The Morgan fingerprint density at radius 1 is 0.355 bits per heavy atom. The lowest BCUT2D eigenvalue weighted by atomic mass is 9.98. The van der Waals surface area contributed by atoms with Crippen molar-refractivity contribution in [1.82, 2.24) is 19.9 Å². The number of H-pyrrole nitrogens is 2. The first kappa shape index (κ1) is 52.1. The van der Waals surface area contributed by atoms with Gasteiger partial charge in [-0.3, -0.25) is 19.2 Å². The lowest BCUT2D eigenvalue weighted by Crippen LogP contribution is -2.28. The topological polar surface area (TPSA) is 211 Å². The number of rotatable bonds is 16. The van der Waals surface area contributed by atoms with Gasteiger partial charge in [-0.15, -0.1) is 0 Å². The standard InChI is InChI=1S/C60H58N8O8/c1-33(73-5)57(69)65-39-21-15-22-40(66-58(70)34(2)74-6)53(39)55-47-29-25-43(61-47)51(37-17-11-9-12-18-37)45-27-31-49(63-45)56(50-32-28-46(64-50)52(38-19-13-10-14-20-38)44-26-30-48(55)62-44)54-41(67-59(71)35(3)75-7)23-16-24-42(54)68-60(72)36(4)76-8/h9-36,61,64H,1-8H3,(H,65,69)(H,66,70)(H,67,71)(H,68,72)/t33-,34-,35-,36-/m0/s1. The summed E-state index contributed by atoms with van der Waals surface area (Å²) < 4.78 is 21.8. The van der Waals surface area contributed by atoms with Crippen LogP contribution in [0.1, 0.15) is 50.5 Å². The van der Waals surface area contributed by atoms with E-state index in [4.69, 9.17) is 28.9 Å². The third kappa shape index (κ3) is 10.6. The first-order chi connectivity index (χ1) is 36.8. The average molecular weight is 1020 g/mol. The average Bonchev–Trinajstić information content (AvgIpc) is 4.31. The molecule has 8 bridgehead atoms. The van der Waals surface area contributed by atoms with Crippen LogP contribution in [0.3, 0.4) is 0 Å². The van der Waals surface area contributed by atoms with Crippen LogP contribution in [0.25, 0.3) is 90.9 Å². The van der Waals surface area contributed by atoms with Gasteiger partial charge >= 0.3 is 0 Å². The van der Waals surface area contributed by atoms with E-state index >= 15 is 0 Å². The Balaban J connectivity index is 1.46. The number of methoxy groups -OCH3 is 4. The monoisotopic (exact) mass is 1020 g/mol. The van der Waals surface area contributed by atoms with Crippen LogP contribution in [0.2, 0.25) is 0 Å². The van der Waals surface area contributed by atoms with Crippen molar-refractivity contribution in [1.29, 1.82) is 0 Å². The molecule has 2 aliphatic rings. The van der Waals surface area contributed by atoms with Crippen molar-refractivity contribution >= 4 is 92.7 Å². The Labute approximate surface area is 439 Å². The minimum atomic E-state index is -0.810. The molecule has 3 aromatic heterocycles. The molecule has 4 amide bonds. The molecular formula is C60H58N8O8. The zero-order valence-electron chi connectivity index (χ0n) is 43.3. The molecule has 0 radical (unpaired) electrons. The molecule has 4 aromatic carbocycles. The Bertz CT molecular complexity index is 3280. The van der Waals surface area contributed by atoms with E-state index in [0.717, 1.165) is 22.3 Å². The van der Waals surface area contributed by atoms with Gasteiger partial charge in [-0.1, -0.05) is 72.8 Å². The maximum atomic E-state index is 13.8. The number of nitrogens with zero attached hydrogens (tertiary/aromatic N) is 2. The van der Waals surface area contributed by atoms with Crippen LogP contribution in [-0.2, 0) is 38.1 Å². The summed E-state index contributed by atoms with van der Waals surface area (Å²) >= 11 is 0. The van der Waals surface area contributed by atoms with Crippen LogP contribution < -0.4 is 21.3 Å². The predicted molar refractivity (Wildman–Crippen MR) is 301 cm³/mol. The SMILES string of the molecule is CO[C@@H](C)C(=O)Nc1cccc(NC(=O)[C@H](C)OC)c1-c1c2nc(c(-c3ccccc3)c3ccc([nH]3)c(-c3c(NC(=O)[C@H](C)OC)cccc3NC(=O)[C@H](C)OC)c3nc(c(-c4ccccc4)c4ccc1[nH]4)C=C3)C=C2. The van der Waals surface area contributed by atoms with Crippen LogP contribution in [0.5, 0.6) is 0 Å². The summed E-state index contributed by atoms with van der Waals surface area (Å²) in [4.78, 5) is 73.4. The van der Waals surface area contributed by atoms with Gasteiger partial charge in [0.25, 0.3) is 23.6 Å². The zero-order valence-corrected chi connectivity index (χ0v) is 43.3. The van der Waals surface area contributed by atoms with Gasteiger partial charge < -0.3 is 50.2 Å². The van der Waals surface area contributed by atoms with Crippen molar-refractivity contribution < 1.29 is 38.1 Å². The fourth-order valence-electron chi connectivity index (χ4n) is 8.97. The van der Waals surface area contributed by atoms with Gasteiger partial charge in [0.05, 0.1) is 45.5 Å². The molecule has 0 saturated heterocycles. The van der Waals surface area contributed by atoms with E-state index in [1.165, 1.54) is 28.4 Å². The van der Waals surface area contributed by atoms with Gasteiger partial charge in [-0.05, 0) is 112 Å². The van der Waals surface area contributed by atoms with Crippen molar-refractivity contribution in [2.75, 3.05) is 49.7 Å². The number of carbonyl (C=O) groups excluding carboxylic acids is 4. The van der Waals surface area contributed by atoms with Gasteiger partial charge in [-0.2, -0.15) is 0 Å². The maximum absolute atomic E-state index is 13.8. The summed E-state index contributed by atoms with van der Waals surface area (Å²) in [5.41, 5.74) is 11.5. The number of hydrogen-bond acceptors (Lipinski definition) is 10. The number of benzene rings is 4. The highest BCUT2D eigenvalue weighted by molar-refractivity contribution is 6.11. The summed E-state index contributed by atoms with van der Waals surface area (Å²) in [6.07, 6.45) is 4.45. The number of carbonyl (C=O) groups is 4. The molecule has 2 aliphatic heterocycles. The quantitative estimate of drug-likeness (QED) is 0.0539. The van der Waals surface area contributed by atoms with E-state index in [-0.39, 0.29) is 0 Å².